The van der Waals surface area contributed by atoms with Crippen LogP contribution >= 0.6 is 0 Å². The number of nitrogens with one attached hydrogen (secondary N) is 1. The van der Waals surface area contributed by atoms with Gasteiger partial charge in [0.15, 0.2) is 0 Å². The number of carbonyl (C=O) groups is 2. The van der Waals surface area contributed by atoms with Crippen molar-refractivity contribution in [3.63, 3.8) is 0 Å². The number of hydrogen-bond acceptors (Lipinski definition) is 2. The van der Waals surface area contributed by atoms with Crippen LogP contribution in [0.2, 0.25) is 0 Å². The van der Waals surface area contributed by atoms with Crippen molar-refractivity contribution in [2.24, 2.45) is 0 Å². The second-order valence-corrected chi connectivity index (χ2v) is 8.23. The lowest BCUT2D eigenvalue weighted by atomic mass is 9.98. The van der Waals surface area contributed by atoms with Crippen molar-refractivity contribution in [3.8, 4) is 0 Å². The molecule has 1 unspecified atom stereocenters. The Kier molecular flexibility index (Phi) is 6.46. The molecule has 4 nitrogen and oxygen atoms in total. The molecule has 1 atom stereocenters. The fraction of sp³-hybridized carbons (Fsp3) is 0.259. The van der Waals surface area contributed by atoms with E-state index in [-0.39, 0.29) is 23.9 Å². The van der Waals surface area contributed by atoms with Crippen LogP contribution in [-0.2, 0) is 16.1 Å². The van der Waals surface area contributed by atoms with Gasteiger partial charge < -0.3 is 10.2 Å². The highest BCUT2D eigenvalue weighted by Gasteiger charge is 2.33. The number of amides is 2. The molecule has 0 bridgehead atoms. The first-order valence-electron chi connectivity index (χ1n) is 10.8. The molecule has 0 aliphatic carbocycles. The number of likely N-dealkylation sites (tertiary alicyclic amines) is 1. The Labute approximate surface area is 183 Å². The van der Waals surface area contributed by atoms with E-state index in [4.69, 9.17) is 0 Å². The van der Waals surface area contributed by atoms with Gasteiger partial charge in [0, 0.05) is 25.4 Å². The van der Waals surface area contributed by atoms with Crippen LogP contribution in [0.15, 0.2) is 84.9 Å². The highest BCUT2D eigenvalue weighted by Crippen LogP contribution is 2.26. The number of nitrogens with zero attached hydrogens (tertiary/aromatic N) is 1. The predicted molar refractivity (Wildman–Crippen MR) is 122 cm³/mol. The van der Waals surface area contributed by atoms with Crippen LogP contribution in [0.25, 0.3) is 0 Å². The predicted octanol–water partition coefficient (Wildman–Crippen LogP) is 4.78. The summed E-state index contributed by atoms with van der Waals surface area (Å²) < 4.78 is 0. The van der Waals surface area contributed by atoms with Gasteiger partial charge in [-0.2, -0.15) is 0 Å². The van der Waals surface area contributed by atoms with Gasteiger partial charge in [-0.1, -0.05) is 90.5 Å². The summed E-state index contributed by atoms with van der Waals surface area (Å²) in [5, 5.41) is 3.21. The van der Waals surface area contributed by atoms with Crippen molar-refractivity contribution in [1.29, 1.82) is 0 Å². The maximum absolute atomic E-state index is 13.1. The van der Waals surface area contributed by atoms with Crippen LogP contribution in [0.4, 0.5) is 0 Å². The first-order valence-corrected chi connectivity index (χ1v) is 10.8. The third kappa shape index (κ3) is 5.21. The first-order chi connectivity index (χ1) is 15.1. The lowest BCUT2D eigenvalue weighted by Crippen LogP contribution is -2.38. The van der Waals surface area contributed by atoms with Gasteiger partial charge in [0.2, 0.25) is 11.8 Å². The molecule has 1 saturated heterocycles. The molecular formula is C27H28N2O2. The summed E-state index contributed by atoms with van der Waals surface area (Å²) in [4.78, 5) is 27.4. The molecule has 2 amide bonds. The maximum atomic E-state index is 13.1. The van der Waals surface area contributed by atoms with Crippen LogP contribution in [0.5, 0.6) is 0 Å². The van der Waals surface area contributed by atoms with E-state index in [2.05, 4.69) is 29.6 Å². The van der Waals surface area contributed by atoms with Gasteiger partial charge in [-0.05, 0) is 30.0 Å². The molecule has 158 valence electrons. The molecule has 0 saturated carbocycles. The molecule has 3 aromatic carbocycles. The number of carbonyl (C=O) groups excluding carboxylic acids is 2. The van der Waals surface area contributed by atoms with Gasteiger partial charge >= 0.3 is 0 Å². The van der Waals surface area contributed by atoms with Crippen LogP contribution < -0.4 is 5.32 Å². The third-order valence-electron chi connectivity index (χ3n) is 5.92. The number of benzene rings is 3. The number of aryl methyl sites for hydroxylation is 1. The highest BCUT2D eigenvalue weighted by molar-refractivity contribution is 5.82. The zero-order valence-electron chi connectivity index (χ0n) is 17.8. The minimum absolute atomic E-state index is 0.0358. The van der Waals surface area contributed by atoms with Gasteiger partial charge in [0.05, 0.1) is 6.04 Å². The average Bonchev–Trinajstić information content (AvgIpc) is 3.13. The fourth-order valence-corrected chi connectivity index (χ4v) is 4.20. The second kappa shape index (κ2) is 9.61. The molecule has 0 spiro atoms. The highest BCUT2D eigenvalue weighted by atomic mass is 16.2. The zero-order chi connectivity index (χ0) is 21.6. The van der Waals surface area contributed by atoms with Crippen molar-refractivity contribution < 1.29 is 9.59 Å². The van der Waals surface area contributed by atoms with Crippen LogP contribution in [-0.4, -0.2) is 22.8 Å². The summed E-state index contributed by atoms with van der Waals surface area (Å²) in [6, 6.07) is 27.9. The maximum Gasteiger partial charge on any atom is 0.223 e. The molecule has 0 radical (unpaired) electrons. The summed E-state index contributed by atoms with van der Waals surface area (Å²) in [6.45, 7) is 2.60. The Bertz CT molecular complexity index is 977. The molecule has 1 heterocycles. The van der Waals surface area contributed by atoms with E-state index in [0.717, 1.165) is 23.1 Å². The van der Waals surface area contributed by atoms with Crippen molar-refractivity contribution in [2.45, 2.75) is 44.8 Å². The van der Waals surface area contributed by atoms with E-state index in [1.54, 1.807) is 0 Å². The minimum atomic E-state index is -0.211. The van der Waals surface area contributed by atoms with Gasteiger partial charge in [0.1, 0.15) is 0 Å². The Morgan fingerprint density at radius 2 is 1.52 bits per heavy atom. The minimum Gasteiger partial charge on any atom is -0.345 e. The van der Waals surface area contributed by atoms with Gasteiger partial charge in [-0.25, -0.2) is 0 Å². The third-order valence-corrected chi connectivity index (χ3v) is 5.92. The Balaban J connectivity index is 1.46. The van der Waals surface area contributed by atoms with Crippen molar-refractivity contribution >= 4 is 11.8 Å². The summed E-state index contributed by atoms with van der Waals surface area (Å²) in [5.41, 5.74) is 4.38. The SMILES string of the molecule is Cc1ccc(CN2C(=O)CCC2CC(=O)NC(c2ccccc2)c2ccccc2)cc1. The number of hydrogen-bond donors (Lipinski definition) is 1. The second-order valence-electron chi connectivity index (χ2n) is 8.23. The van der Waals surface area contributed by atoms with Gasteiger partial charge in [-0.15, -0.1) is 0 Å². The van der Waals surface area contributed by atoms with E-state index in [0.29, 0.717) is 19.4 Å². The molecule has 1 N–H and O–H groups in total. The molecule has 1 fully saturated rings. The van der Waals surface area contributed by atoms with E-state index >= 15 is 0 Å². The van der Waals surface area contributed by atoms with Crippen LogP contribution in [0.1, 0.15) is 47.6 Å². The molecule has 0 aromatic heterocycles. The van der Waals surface area contributed by atoms with Crippen molar-refractivity contribution in [1.82, 2.24) is 10.2 Å². The van der Waals surface area contributed by atoms with E-state index in [1.165, 1.54) is 5.56 Å². The van der Waals surface area contributed by atoms with E-state index < -0.39 is 0 Å². The van der Waals surface area contributed by atoms with Gasteiger partial charge in [-0.3, -0.25) is 9.59 Å². The molecule has 4 heteroatoms. The smallest absolute Gasteiger partial charge is 0.223 e. The topological polar surface area (TPSA) is 49.4 Å². The first kappa shape index (κ1) is 20.9. The molecule has 31 heavy (non-hydrogen) atoms. The van der Waals surface area contributed by atoms with E-state index in [9.17, 15) is 9.59 Å². The normalized spacial score (nSPS) is 16.0. The summed E-state index contributed by atoms with van der Waals surface area (Å²) in [5.74, 6) is 0.0901. The van der Waals surface area contributed by atoms with Crippen LogP contribution in [0, 0.1) is 6.92 Å². The molecular weight excluding hydrogens is 384 g/mol. The quantitative estimate of drug-likeness (QED) is 0.607. The molecule has 3 aromatic rings. The number of rotatable bonds is 7. The lowest BCUT2D eigenvalue weighted by molar-refractivity contribution is -0.130. The Hall–Kier alpha value is -3.40. The lowest BCUT2D eigenvalue weighted by Gasteiger charge is -2.26. The van der Waals surface area contributed by atoms with E-state index in [1.807, 2.05) is 72.5 Å². The fourth-order valence-electron chi connectivity index (χ4n) is 4.20. The summed E-state index contributed by atoms with van der Waals surface area (Å²) in [6.07, 6.45) is 1.54. The Morgan fingerprint density at radius 1 is 0.935 bits per heavy atom. The molecule has 1 aliphatic heterocycles. The van der Waals surface area contributed by atoms with Crippen molar-refractivity contribution in [2.75, 3.05) is 0 Å². The Morgan fingerprint density at radius 3 is 2.10 bits per heavy atom. The molecule has 1 aliphatic rings. The largest absolute Gasteiger partial charge is 0.345 e. The zero-order valence-corrected chi connectivity index (χ0v) is 17.8. The van der Waals surface area contributed by atoms with Gasteiger partial charge in [0.25, 0.3) is 0 Å². The molecule has 4 rings (SSSR count). The average molecular weight is 413 g/mol. The summed E-state index contributed by atoms with van der Waals surface area (Å²) in [7, 11) is 0. The monoisotopic (exact) mass is 412 g/mol. The summed E-state index contributed by atoms with van der Waals surface area (Å²) >= 11 is 0. The van der Waals surface area contributed by atoms with Crippen molar-refractivity contribution in [3.05, 3.63) is 107 Å². The standard InChI is InChI=1S/C27H28N2O2/c1-20-12-14-21(15-13-20)19-29-24(16-17-26(29)31)18-25(30)28-27(22-8-4-2-5-9-22)23-10-6-3-7-11-23/h2-15,24,27H,16-19H2,1H3,(H,28,30). The van der Waals surface area contributed by atoms with Crippen LogP contribution in [0.3, 0.4) is 0 Å².